The fourth-order valence-electron chi connectivity index (χ4n) is 0.796. The van der Waals surface area contributed by atoms with Crippen LogP contribution >= 0.6 is 0 Å². The van der Waals surface area contributed by atoms with Crippen molar-refractivity contribution in [3.05, 3.63) is 24.3 Å². The van der Waals surface area contributed by atoms with E-state index in [2.05, 4.69) is 40.3 Å². The molecule has 0 heterocycles. The van der Waals surface area contributed by atoms with Gasteiger partial charge in [0.2, 0.25) is 0 Å². The van der Waals surface area contributed by atoms with Gasteiger partial charge in [0.05, 0.1) is 0 Å². The first-order chi connectivity index (χ1) is 4.52. The van der Waals surface area contributed by atoms with Crippen LogP contribution in [0.2, 0.25) is 0 Å². The molecule has 0 heteroatoms. The van der Waals surface area contributed by atoms with Crippen LogP contribution in [0, 0.1) is 5.41 Å². The minimum atomic E-state index is 0.167. The van der Waals surface area contributed by atoms with E-state index >= 15 is 0 Å². The monoisotopic (exact) mass is 138 g/mol. The molecule has 0 aliphatic carbocycles. The van der Waals surface area contributed by atoms with Crippen molar-refractivity contribution >= 4 is 0 Å². The third-order valence-corrected chi connectivity index (χ3v) is 1.70. The summed E-state index contributed by atoms with van der Waals surface area (Å²) in [5.74, 6) is 0. The third-order valence-electron chi connectivity index (χ3n) is 1.70. The summed E-state index contributed by atoms with van der Waals surface area (Å²) in [6.45, 7) is 12.4. The lowest BCUT2D eigenvalue weighted by Gasteiger charge is -2.14. The Kier molecular flexibility index (Phi) is 3.41. The normalized spacial score (nSPS) is 13.4. The average molecular weight is 138 g/mol. The van der Waals surface area contributed by atoms with Gasteiger partial charge in [-0.1, -0.05) is 38.5 Å². The molecule has 0 rings (SSSR count). The molecule has 0 fully saturated rings. The van der Waals surface area contributed by atoms with Crippen LogP contribution in [0.1, 0.15) is 34.1 Å². The fraction of sp³-hybridized carbons (Fsp3) is 0.600. The van der Waals surface area contributed by atoms with Crippen LogP contribution in [-0.4, -0.2) is 0 Å². The van der Waals surface area contributed by atoms with Gasteiger partial charge in [0.15, 0.2) is 0 Å². The van der Waals surface area contributed by atoms with Gasteiger partial charge < -0.3 is 0 Å². The largest absolute Gasteiger partial charge is 0.102 e. The van der Waals surface area contributed by atoms with Crippen molar-refractivity contribution in [1.82, 2.24) is 0 Å². The van der Waals surface area contributed by atoms with Crippen LogP contribution in [0.25, 0.3) is 0 Å². The molecule has 0 spiro atoms. The van der Waals surface area contributed by atoms with Crippen molar-refractivity contribution in [2.24, 2.45) is 5.41 Å². The zero-order valence-corrected chi connectivity index (χ0v) is 7.57. The SMILES string of the molecule is C=CC(C)(C)C=C(C)CC. The predicted octanol–water partition coefficient (Wildman–Crippen LogP) is 3.55. The first-order valence-corrected chi connectivity index (χ1v) is 3.83. The van der Waals surface area contributed by atoms with Gasteiger partial charge in [-0.05, 0) is 13.3 Å². The molecule has 0 atom stereocenters. The van der Waals surface area contributed by atoms with Gasteiger partial charge in [-0.3, -0.25) is 0 Å². The van der Waals surface area contributed by atoms with Crippen molar-refractivity contribution in [3.63, 3.8) is 0 Å². The van der Waals surface area contributed by atoms with Crippen molar-refractivity contribution in [1.29, 1.82) is 0 Å². The van der Waals surface area contributed by atoms with Gasteiger partial charge in [-0.2, -0.15) is 0 Å². The van der Waals surface area contributed by atoms with Crippen molar-refractivity contribution in [3.8, 4) is 0 Å². The second-order valence-electron chi connectivity index (χ2n) is 3.37. The standard InChI is InChI=1S/C10H18/c1-6-9(3)8-10(4,5)7-2/h7-8H,2,6H2,1,3-5H3. The minimum absolute atomic E-state index is 0.167. The van der Waals surface area contributed by atoms with Gasteiger partial charge >= 0.3 is 0 Å². The van der Waals surface area contributed by atoms with Gasteiger partial charge in [0.1, 0.15) is 0 Å². The number of rotatable bonds is 3. The van der Waals surface area contributed by atoms with Gasteiger partial charge in [0, 0.05) is 5.41 Å². The van der Waals surface area contributed by atoms with Gasteiger partial charge in [0.25, 0.3) is 0 Å². The molecule has 0 unspecified atom stereocenters. The zero-order chi connectivity index (χ0) is 8.20. The maximum atomic E-state index is 3.78. The van der Waals surface area contributed by atoms with Gasteiger partial charge in [-0.25, -0.2) is 0 Å². The summed E-state index contributed by atoms with van der Waals surface area (Å²) in [6, 6.07) is 0. The van der Waals surface area contributed by atoms with E-state index in [-0.39, 0.29) is 5.41 Å². The number of hydrogen-bond donors (Lipinski definition) is 0. The average Bonchev–Trinajstić information content (AvgIpc) is 1.87. The first-order valence-electron chi connectivity index (χ1n) is 3.83. The molecule has 0 aromatic carbocycles. The molecule has 0 amide bonds. The second-order valence-corrected chi connectivity index (χ2v) is 3.37. The highest BCUT2D eigenvalue weighted by Crippen LogP contribution is 2.20. The van der Waals surface area contributed by atoms with Crippen LogP contribution in [0.4, 0.5) is 0 Å². The summed E-state index contributed by atoms with van der Waals surface area (Å²) in [4.78, 5) is 0. The Hall–Kier alpha value is -0.520. The maximum Gasteiger partial charge on any atom is 0.000430 e. The summed E-state index contributed by atoms with van der Waals surface area (Å²) in [7, 11) is 0. The molecule has 10 heavy (non-hydrogen) atoms. The summed E-state index contributed by atoms with van der Waals surface area (Å²) in [6.07, 6.45) is 5.38. The Morgan fingerprint density at radius 3 is 2.30 bits per heavy atom. The van der Waals surface area contributed by atoms with Crippen LogP contribution in [0.5, 0.6) is 0 Å². The molecule has 0 aromatic heterocycles. The lowest BCUT2D eigenvalue weighted by atomic mass is 9.91. The van der Waals surface area contributed by atoms with Crippen LogP contribution in [0.15, 0.2) is 24.3 Å². The molecule has 0 N–H and O–H groups in total. The molecule has 58 valence electrons. The Balaban J connectivity index is 4.22. The van der Waals surface area contributed by atoms with Crippen LogP contribution in [0.3, 0.4) is 0 Å². The van der Waals surface area contributed by atoms with E-state index in [4.69, 9.17) is 0 Å². The van der Waals surface area contributed by atoms with Crippen LogP contribution < -0.4 is 0 Å². The molecular weight excluding hydrogens is 120 g/mol. The van der Waals surface area contributed by atoms with E-state index in [0.29, 0.717) is 0 Å². The molecule has 0 saturated heterocycles. The van der Waals surface area contributed by atoms with E-state index < -0.39 is 0 Å². The van der Waals surface area contributed by atoms with E-state index in [9.17, 15) is 0 Å². The van der Waals surface area contributed by atoms with Gasteiger partial charge in [-0.15, -0.1) is 6.58 Å². The number of hydrogen-bond acceptors (Lipinski definition) is 0. The summed E-state index contributed by atoms with van der Waals surface area (Å²) in [5.41, 5.74) is 1.60. The van der Waals surface area contributed by atoms with E-state index in [1.54, 1.807) is 0 Å². The maximum absolute atomic E-state index is 3.78. The Morgan fingerprint density at radius 1 is 1.50 bits per heavy atom. The lowest BCUT2D eigenvalue weighted by Crippen LogP contribution is -2.02. The topological polar surface area (TPSA) is 0 Å². The molecule has 0 aliphatic rings. The molecule has 0 saturated carbocycles. The molecule has 0 bridgehead atoms. The zero-order valence-electron chi connectivity index (χ0n) is 7.57. The third kappa shape index (κ3) is 3.49. The van der Waals surface area contributed by atoms with Crippen molar-refractivity contribution in [2.45, 2.75) is 34.1 Å². The Morgan fingerprint density at radius 2 is 2.00 bits per heavy atom. The quantitative estimate of drug-likeness (QED) is 0.523. The summed E-state index contributed by atoms with van der Waals surface area (Å²) in [5, 5.41) is 0. The minimum Gasteiger partial charge on any atom is -0.102 e. The highest BCUT2D eigenvalue weighted by molar-refractivity contribution is 5.10. The first kappa shape index (κ1) is 9.48. The Labute approximate surface area is 64.6 Å². The predicted molar refractivity (Wildman–Crippen MR) is 48.0 cm³/mol. The second kappa shape index (κ2) is 3.60. The summed E-state index contributed by atoms with van der Waals surface area (Å²) >= 11 is 0. The van der Waals surface area contributed by atoms with E-state index in [1.165, 1.54) is 5.57 Å². The van der Waals surface area contributed by atoms with E-state index in [1.807, 2.05) is 6.08 Å². The lowest BCUT2D eigenvalue weighted by molar-refractivity contribution is 0.619. The summed E-state index contributed by atoms with van der Waals surface area (Å²) < 4.78 is 0. The highest BCUT2D eigenvalue weighted by atomic mass is 14.1. The Bertz CT molecular complexity index is 138. The fourth-order valence-corrected chi connectivity index (χ4v) is 0.796. The smallest absolute Gasteiger partial charge is 0.000430 e. The molecular formula is C10H18. The number of allylic oxidation sites excluding steroid dienone is 3. The molecule has 0 aliphatic heterocycles. The van der Waals surface area contributed by atoms with Crippen LogP contribution in [-0.2, 0) is 0 Å². The van der Waals surface area contributed by atoms with Crippen molar-refractivity contribution in [2.75, 3.05) is 0 Å². The molecule has 0 nitrogen and oxygen atoms in total. The highest BCUT2D eigenvalue weighted by Gasteiger charge is 2.07. The van der Waals surface area contributed by atoms with E-state index in [0.717, 1.165) is 6.42 Å². The molecule has 0 aromatic rings. The molecule has 0 radical (unpaired) electrons. The van der Waals surface area contributed by atoms with Crippen molar-refractivity contribution < 1.29 is 0 Å².